The van der Waals surface area contributed by atoms with E-state index in [1.54, 1.807) is 31.4 Å². The summed E-state index contributed by atoms with van der Waals surface area (Å²) in [5.41, 5.74) is 1.27. The van der Waals surface area contributed by atoms with E-state index in [4.69, 9.17) is 24.7 Å². The number of carbonyl (C=O) groups is 1. The molecule has 0 aliphatic carbocycles. The molecule has 1 aliphatic rings. The molecule has 2 aromatic rings. The molecule has 0 radical (unpaired) electrons. The fourth-order valence-electron chi connectivity index (χ4n) is 3.12. The second-order valence-electron chi connectivity index (χ2n) is 6.45. The van der Waals surface area contributed by atoms with Gasteiger partial charge in [0.1, 0.15) is 23.0 Å². The van der Waals surface area contributed by atoms with Crippen molar-refractivity contribution in [2.24, 2.45) is 0 Å². The van der Waals surface area contributed by atoms with Gasteiger partial charge in [-0.3, -0.25) is 9.69 Å². The monoisotopic (exact) mass is 405 g/mol. The van der Waals surface area contributed by atoms with Crippen LogP contribution < -0.4 is 14.2 Å². The molecule has 0 saturated carbocycles. The van der Waals surface area contributed by atoms with Crippen LogP contribution in [0.5, 0.6) is 23.0 Å². The zero-order valence-electron chi connectivity index (χ0n) is 16.5. The van der Waals surface area contributed by atoms with Crippen LogP contribution in [0, 0.1) is 22.7 Å². The maximum Gasteiger partial charge on any atom is 0.231 e. The molecule has 0 unspecified atom stereocenters. The summed E-state index contributed by atoms with van der Waals surface area (Å²) in [6, 6.07) is 12.0. The van der Waals surface area contributed by atoms with Crippen molar-refractivity contribution in [1.82, 2.24) is 4.90 Å². The average molecular weight is 405 g/mol. The number of hydrogen-bond donors (Lipinski definition) is 1. The number of phenols is 1. The molecule has 152 valence electrons. The molecule has 0 aromatic heterocycles. The molecule has 0 atom stereocenters. The number of phenolic OH excluding ortho intramolecular Hbond substituents is 1. The van der Waals surface area contributed by atoms with Gasteiger partial charge in [0.2, 0.25) is 5.78 Å². The first-order valence-electron chi connectivity index (χ1n) is 8.99. The summed E-state index contributed by atoms with van der Waals surface area (Å²) in [7, 11) is 3.06. The highest BCUT2D eigenvalue weighted by Crippen LogP contribution is 2.40. The highest BCUT2D eigenvalue weighted by Gasteiger charge is 2.32. The fourth-order valence-corrected chi connectivity index (χ4v) is 3.12. The van der Waals surface area contributed by atoms with Gasteiger partial charge in [-0.15, -0.1) is 0 Å². The SMILES string of the molecule is COc1ccc(/C=C2\Oc3c(ccc(O)c3CN(CC#N)CC#N)C2=O)c(OC)c1. The molecular formula is C22H19N3O5. The molecule has 0 saturated heterocycles. The Hall–Kier alpha value is -4.01. The van der Waals surface area contributed by atoms with Crippen LogP contribution >= 0.6 is 0 Å². The molecular weight excluding hydrogens is 386 g/mol. The molecule has 30 heavy (non-hydrogen) atoms. The third-order valence-electron chi connectivity index (χ3n) is 4.61. The van der Waals surface area contributed by atoms with E-state index in [1.807, 2.05) is 12.1 Å². The lowest BCUT2D eigenvalue weighted by Crippen LogP contribution is -2.24. The third-order valence-corrected chi connectivity index (χ3v) is 4.61. The quantitative estimate of drug-likeness (QED) is 0.552. The number of allylic oxidation sites excluding steroid dienone is 1. The summed E-state index contributed by atoms with van der Waals surface area (Å²) >= 11 is 0. The van der Waals surface area contributed by atoms with Crippen molar-refractivity contribution in [2.45, 2.75) is 6.54 Å². The van der Waals surface area contributed by atoms with Gasteiger partial charge in [-0.1, -0.05) is 0 Å². The number of methoxy groups -OCH3 is 2. The van der Waals surface area contributed by atoms with Crippen LogP contribution in [0.15, 0.2) is 36.1 Å². The van der Waals surface area contributed by atoms with E-state index in [-0.39, 0.29) is 42.7 Å². The van der Waals surface area contributed by atoms with Crippen molar-refractivity contribution >= 4 is 11.9 Å². The van der Waals surface area contributed by atoms with Crippen molar-refractivity contribution in [3.63, 3.8) is 0 Å². The smallest absolute Gasteiger partial charge is 0.231 e. The maximum atomic E-state index is 12.9. The Morgan fingerprint density at radius 2 is 1.87 bits per heavy atom. The minimum atomic E-state index is -0.337. The Bertz CT molecular complexity index is 1080. The second kappa shape index (κ2) is 8.99. The van der Waals surface area contributed by atoms with E-state index >= 15 is 0 Å². The number of Topliss-reactive ketones (excluding diaryl/α,β-unsaturated/α-hetero) is 1. The van der Waals surface area contributed by atoms with Crippen molar-refractivity contribution in [2.75, 3.05) is 27.3 Å². The van der Waals surface area contributed by atoms with Gasteiger partial charge < -0.3 is 19.3 Å². The first-order chi connectivity index (χ1) is 14.5. The Kier molecular flexibility index (Phi) is 6.21. The minimum Gasteiger partial charge on any atom is -0.507 e. The number of fused-ring (bicyclic) bond motifs is 1. The fraction of sp³-hybridized carbons (Fsp3) is 0.227. The van der Waals surface area contributed by atoms with Crippen LogP contribution in [0.25, 0.3) is 6.08 Å². The van der Waals surface area contributed by atoms with Gasteiger partial charge in [-0.25, -0.2) is 0 Å². The van der Waals surface area contributed by atoms with Crippen molar-refractivity contribution in [3.05, 3.63) is 52.8 Å². The standard InChI is InChI=1S/C22H19N3O5/c1-28-15-4-3-14(19(12-15)29-2)11-20-21(27)16-5-6-18(26)17(22(16)30-20)13-25(9-7-23)10-8-24/h3-6,11-12,26H,9-10,13H2,1-2H3/b20-11-. The van der Waals surface area contributed by atoms with Gasteiger partial charge >= 0.3 is 0 Å². The van der Waals surface area contributed by atoms with Gasteiger partial charge in [0.15, 0.2) is 5.76 Å². The molecule has 0 bridgehead atoms. The maximum absolute atomic E-state index is 12.9. The normalized spacial score (nSPS) is 13.5. The Morgan fingerprint density at radius 3 is 2.50 bits per heavy atom. The zero-order valence-corrected chi connectivity index (χ0v) is 16.5. The van der Waals surface area contributed by atoms with E-state index < -0.39 is 0 Å². The second-order valence-corrected chi connectivity index (χ2v) is 6.45. The predicted octanol–water partition coefficient (Wildman–Crippen LogP) is 2.87. The molecule has 3 rings (SSSR count). The lowest BCUT2D eigenvalue weighted by molar-refractivity contribution is 0.101. The molecule has 0 fully saturated rings. The Labute approximate surface area is 173 Å². The van der Waals surface area contributed by atoms with E-state index in [2.05, 4.69) is 0 Å². The van der Waals surface area contributed by atoms with Gasteiger partial charge in [0, 0.05) is 18.2 Å². The van der Waals surface area contributed by atoms with Gasteiger partial charge in [-0.2, -0.15) is 10.5 Å². The zero-order chi connectivity index (χ0) is 21.7. The number of carbonyl (C=O) groups excluding carboxylic acids is 1. The minimum absolute atomic E-state index is 0.00361. The molecule has 1 aliphatic heterocycles. The van der Waals surface area contributed by atoms with Crippen molar-refractivity contribution in [3.8, 4) is 35.1 Å². The molecule has 2 aromatic carbocycles. The Balaban J connectivity index is 1.98. The highest BCUT2D eigenvalue weighted by atomic mass is 16.5. The van der Waals surface area contributed by atoms with Crippen LogP contribution in [-0.4, -0.2) is 43.1 Å². The topological polar surface area (TPSA) is 116 Å². The first-order valence-corrected chi connectivity index (χ1v) is 8.99. The average Bonchev–Trinajstić information content (AvgIpc) is 3.06. The van der Waals surface area contributed by atoms with Gasteiger partial charge in [0.05, 0.1) is 50.6 Å². The lowest BCUT2D eigenvalue weighted by atomic mass is 10.0. The molecule has 1 N–H and O–H groups in total. The number of hydrogen-bond acceptors (Lipinski definition) is 8. The summed E-state index contributed by atoms with van der Waals surface area (Å²) in [5, 5.41) is 28.2. The summed E-state index contributed by atoms with van der Waals surface area (Å²) in [6.45, 7) is 0.0786. The van der Waals surface area contributed by atoms with Crippen LogP contribution in [0.1, 0.15) is 21.5 Å². The number of aromatic hydroxyl groups is 1. The number of nitrogens with zero attached hydrogens (tertiary/aromatic N) is 3. The molecule has 8 nitrogen and oxygen atoms in total. The summed E-state index contributed by atoms with van der Waals surface area (Å²) < 4.78 is 16.4. The summed E-state index contributed by atoms with van der Waals surface area (Å²) in [5.74, 6) is 0.999. The molecule has 1 heterocycles. The van der Waals surface area contributed by atoms with E-state index in [0.29, 0.717) is 28.2 Å². The number of ether oxygens (including phenoxy) is 3. The number of rotatable bonds is 7. The number of ketones is 1. The predicted molar refractivity (Wildman–Crippen MR) is 107 cm³/mol. The number of benzene rings is 2. The van der Waals surface area contributed by atoms with Crippen LogP contribution in [-0.2, 0) is 6.54 Å². The third kappa shape index (κ3) is 4.04. The molecule has 0 spiro atoms. The van der Waals surface area contributed by atoms with Crippen molar-refractivity contribution in [1.29, 1.82) is 10.5 Å². The Morgan fingerprint density at radius 1 is 1.13 bits per heavy atom. The largest absolute Gasteiger partial charge is 0.507 e. The lowest BCUT2D eigenvalue weighted by Gasteiger charge is -2.17. The first kappa shape index (κ1) is 20.7. The van der Waals surface area contributed by atoms with Crippen LogP contribution in [0.4, 0.5) is 0 Å². The molecule has 0 amide bonds. The van der Waals surface area contributed by atoms with E-state index in [0.717, 1.165) is 0 Å². The van der Waals surface area contributed by atoms with Gasteiger partial charge in [0.25, 0.3) is 0 Å². The number of nitriles is 2. The van der Waals surface area contributed by atoms with Crippen LogP contribution in [0.2, 0.25) is 0 Å². The van der Waals surface area contributed by atoms with Gasteiger partial charge in [-0.05, 0) is 30.3 Å². The molecule has 8 heteroatoms. The van der Waals surface area contributed by atoms with E-state index in [9.17, 15) is 9.90 Å². The van der Waals surface area contributed by atoms with Crippen LogP contribution in [0.3, 0.4) is 0 Å². The van der Waals surface area contributed by atoms with E-state index in [1.165, 1.54) is 24.1 Å². The summed E-state index contributed by atoms with van der Waals surface area (Å²) in [4.78, 5) is 14.4. The van der Waals surface area contributed by atoms with Crippen molar-refractivity contribution < 1.29 is 24.1 Å². The summed E-state index contributed by atoms with van der Waals surface area (Å²) in [6.07, 6.45) is 1.56. The highest BCUT2D eigenvalue weighted by molar-refractivity contribution is 6.15.